The average molecular weight is 745 g/mol. The highest BCUT2D eigenvalue weighted by molar-refractivity contribution is 7.99. The van der Waals surface area contributed by atoms with E-state index < -0.39 is 0 Å². The molecule has 0 aliphatic carbocycles. The predicted octanol–water partition coefficient (Wildman–Crippen LogP) is 8.82. The van der Waals surface area contributed by atoms with Crippen molar-refractivity contribution in [1.29, 1.82) is 0 Å². The maximum Gasteiger partial charge on any atom is 0.188 e. The molecule has 3 heterocycles. The summed E-state index contributed by atoms with van der Waals surface area (Å²) in [6.07, 6.45) is 2.34. The first-order valence-electron chi connectivity index (χ1n) is 19.5. The van der Waals surface area contributed by atoms with Gasteiger partial charge in [-0.1, -0.05) is 109 Å². The lowest BCUT2D eigenvalue weighted by Crippen LogP contribution is -2.59. The smallest absolute Gasteiger partial charge is 0.188 e. The molecule has 0 spiro atoms. The van der Waals surface area contributed by atoms with Crippen molar-refractivity contribution in [3.63, 3.8) is 0 Å². The van der Waals surface area contributed by atoms with Crippen molar-refractivity contribution in [1.82, 2.24) is 9.97 Å². The van der Waals surface area contributed by atoms with Crippen molar-refractivity contribution in [2.75, 3.05) is 86.8 Å². The van der Waals surface area contributed by atoms with Crippen LogP contribution < -0.4 is 9.80 Å². The van der Waals surface area contributed by atoms with Gasteiger partial charge >= 0.3 is 0 Å². The number of para-hydroxylation sites is 2. The van der Waals surface area contributed by atoms with Crippen LogP contribution in [0.25, 0.3) is 0 Å². The van der Waals surface area contributed by atoms with E-state index in [0.29, 0.717) is 0 Å². The molecule has 53 heavy (non-hydrogen) atoms. The zero-order chi connectivity index (χ0) is 36.2. The number of aromatic nitrogens is 2. The summed E-state index contributed by atoms with van der Waals surface area (Å²) in [5.41, 5.74) is 6.66. The van der Waals surface area contributed by atoms with Crippen LogP contribution in [-0.4, -0.2) is 95.9 Å². The van der Waals surface area contributed by atoms with Gasteiger partial charge in [-0.2, -0.15) is 0 Å². The highest BCUT2D eigenvalue weighted by atomic mass is 32.2. The molecule has 0 bridgehead atoms. The van der Waals surface area contributed by atoms with Gasteiger partial charge in [-0.25, -0.2) is 9.97 Å². The van der Waals surface area contributed by atoms with Crippen LogP contribution in [0.1, 0.15) is 29.7 Å². The summed E-state index contributed by atoms with van der Waals surface area (Å²) in [6.45, 7) is 15.8. The van der Waals surface area contributed by atoms with Crippen LogP contribution in [0.4, 0.5) is 11.4 Å². The Bertz CT molecular complexity index is 1680. The van der Waals surface area contributed by atoms with Gasteiger partial charge in [-0.3, -0.25) is 0 Å². The van der Waals surface area contributed by atoms with Crippen LogP contribution in [0.5, 0.6) is 0 Å². The highest BCUT2D eigenvalue weighted by Gasteiger charge is 2.34. The van der Waals surface area contributed by atoms with E-state index in [4.69, 9.17) is 9.97 Å². The van der Waals surface area contributed by atoms with E-state index in [0.717, 1.165) is 82.0 Å². The number of hydrogen-bond acceptors (Lipinski definition) is 6. The molecule has 8 heteroatoms. The fourth-order valence-corrected chi connectivity index (χ4v) is 10.0. The topological polar surface area (TPSA) is 32.3 Å². The number of benzene rings is 4. The summed E-state index contributed by atoms with van der Waals surface area (Å²) in [7, 11) is 0. The van der Waals surface area contributed by atoms with Crippen LogP contribution >= 0.6 is 23.5 Å². The molecule has 2 aliphatic rings. The van der Waals surface area contributed by atoms with E-state index in [1.54, 1.807) is 0 Å². The molecule has 0 saturated carbocycles. The second-order valence-corrected chi connectivity index (χ2v) is 17.2. The molecule has 2 saturated heterocycles. The van der Waals surface area contributed by atoms with Crippen molar-refractivity contribution in [3.05, 3.63) is 144 Å². The number of rotatable bonds is 16. The Labute approximate surface area is 326 Å². The number of piperazine rings is 2. The molecule has 7 rings (SSSR count). The minimum Gasteiger partial charge on any atom is -0.360 e. The van der Waals surface area contributed by atoms with Gasteiger partial charge in [-0.05, 0) is 37.3 Å². The molecule has 0 amide bonds. The Morgan fingerprint density at radius 3 is 1.40 bits per heavy atom. The van der Waals surface area contributed by atoms with Crippen LogP contribution in [0, 0.1) is 6.92 Å². The van der Waals surface area contributed by atoms with Crippen molar-refractivity contribution >= 4 is 34.9 Å². The van der Waals surface area contributed by atoms with E-state index in [9.17, 15) is 0 Å². The summed E-state index contributed by atoms with van der Waals surface area (Å²) < 4.78 is 2.31. The third kappa shape index (κ3) is 10.7. The second kappa shape index (κ2) is 18.5. The summed E-state index contributed by atoms with van der Waals surface area (Å²) in [6, 6.07) is 46.2. The average Bonchev–Trinajstić information content (AvgIpc) is 3.20. The highest BCUT2D eigenvalue weighted by Crippen LogP contribution is 2.28. The van der Waals surface area contributed by atoms with Crippen molar-refractivity contribution in [3.8, 4) is 0 Å². The minimum atomic E-state index is 0.931. The van der Waals surface area contributed by atoms with Gasteiger partial charge in [0.2, 0.25) is 0 Å². The quantitative estimate of drug-likeness (QED) is 0.0330. The maximum absolute atomic E-state index is 5.05. The Morgan fingerprint density at radius 2 is 0.943 bits per heavy atom. The Morgan fingerprint density at radius 1 is 0.528 bits per heavy atom. The number of nitrogens with zero attached hydrogens (tertiary/aromatic N) is 6. The lowest BCUT2D eigenvalue weighted by molar-refractivity contribution is -0.941. The summed E-state index contributed by atoms with van der Waals surface area (Å²) in [5.74, 6) is 2.13. The number of quaternary nitrogens is 2. The van der Waals surface area contributed by atoms with Crippen LogP contribution in [0.3, 0.4) is 0 Å². The largest absolute Gasteiger partial charge is 0.360 e. The summed E-state index contributed by atoms with van der Waals surface area (Å²) in [4.78, 5) is 15.0. The van der Waals surface area contributed by atoms with Gasteiger partial charge in [0.25, 0.3) is 0 Å². The molecule has 6 nitrogen and oxygen atoms in total. The molecule has 2 aliphatic heterocycles. The Balaban J connectivity index is 0.911. The standard InChI is InChI=1S/C45H56N6S2/c1-39-36-44(52-34-14-28-50(37-40-16-6-2-7-17-40)30-24-48(25-31-50)42-20-10-4-11-21-42)47-45(46-39)53-35-15-29-51(38-41-18-8-3-9-19-41)32-26-49(27-33-51)43-22-12-5-13-23-43/h2-13,16-23,36H,14-15,24-35,37-38H2,1H3/q+2. The molecule has 0 atom stereocenters. The zero-order valence-corrected chi connectivity index (χ0v) is 33.1. The lowest BCUT2D eigenvalue weighted by atomic mass is 10.1. The molecule has 2 fully saturated rings. The number of anilines is 2. The monoisotopic (exact) mass is 744 g/mol. The number of aryl methyl sites for hydroxylation is 1. The van der Waals surface area contributed by atoms with Crippen molar-refractivity contribution in [2.24, 2.45) is 0 Å². The molecule has 5 aromatic rings. The van der Waals surface area contributed by atoms with Crippen molar-refractivity contribution in [2.45, 2.75) is 43.0 Å². The van der Waals surface area contributed by atoms with E-state index in [1.165, 1.54) is 68.2 Å². The molecule has 0 radical (unpaired) electrons. The fraction of sp³-hybridized carbons (Fsp3) is 0.378. The first-order chi connectivity index (χ1) is 26.1. The third-order valence-electron chi connectivity index (χ3n) is 11.2. The fourth-order valence-electron chi connectivity index (χ4n) is 8.23. The number of thioether (sulfide) groups is 2. The van der Waals surface area contributed by atoms with Crippen molar-refractivity contribution < 1.29 is 8.97 Å². The molecule has 276 valence electrons. The summed E-state index contributed by atoms with van der Waals surface area (Å²) >= 11 is 3.74. The van der Waals surface area contributed by atoms with Gasteiger partial charge < -0.3 is 18.8 Å². The molecular formula is C45H56N6S2+2. The Kier molecular flexibility index (Phi) is 13.1. The van der Waals surface area contributed by atoms with E-state index in [-0.39, 0.29) is 0 Å². The van der Waals surface area contributed by atoms with Gasteiger partial charge in [-0.15, -0.1) is 11.8 Å². The zero-order valence-electron chi connectivity index (χ0n) is 31.4. The molecule has 0 N–H and O–H groups in total. The van der Waals surface area contributed by atoms with Gasteiger partial charge in [0.05, 0.1) is 65.4 Å². The first kappa shape index (κ1) is 37.5. The normalized spacial score (nSPS) is 16.8. The molecule has 1 aromatic heterocycles. The first-order valence-corrected chi connectivity index (χ1v) is 21.5. The van der Waals surface area contributed by atoms with Gasteiger partial charge in [0.1, 0.15) is 18.1 Å². The maximum atomic E-state index is 5.05. The minimum absolute atomic E-state index is 0.931. The van der Waals surface area contributed by atoms with E-state index >= 15 is 0 Å². The van der Waals surface area contributed by atoms with Crippen LogP contribution in [0.2, 0.25) is 0 Å². The lowest BCUT2D eigenvalue weighted by Gasteiger charge is -2.46. The third-order valence-corrected chi connectivity index (χ3v) is 13.1. The van der Waals surface area contributed by atoms with E-state index in [2.05, 4.69) is 144 Å². The SMILES string of the molecule is Cc1cc(SCCC[N+]2(Cc3ccccc3)CCN(c3ccccc3)CC2)nc(SCCC[N+]2(Cc3ccccc3)CCN(c3ccccc3)CC2)n1. The molecule has 4 aromatic carbocycles. The Hall–Kier alpha value is -3.82. The van der Waals surface area contributed by atoms with Gasteiger partial charge in [0, 0.05) is 52.5 Å². The number of hydrogen-bond donors (Lipinski definition) is 0. The summed E-state index contributed by atoms with van der Waals surface area (Å²) in [5, 5.41) is 2.05. The van der Waals surface area contributed by atoms with Gasteiger partial charge in [0.15, 0.2) is 5.16 Å². The van der Waals surface area contributed by atoms with E-state index in [1.807, 2.05) is 23.5 Å². The molecular weight excluding hydrogens is 689 g/mol. The van der Waals surface area contributed by atoms with Crippen LogP contribution in [0.15, 0.2) is 138 Å². The molecule has 0 unspecified atom stereocenters. The van der Waals surface area contributed by atoms with Crippen LogP contribution in [-0.2, 0) is 13.1 Å². The predicted molar refractivity (Wildman–Crippen MR) is 225 cm³/mol. The second-order valence-electron chi connectivity index (χ2n) is 15.0.